The van der Waals surface area contributed by atoms with Crippen molar-refractivity contribution in [1.29, 1.82) is 0 Å². The van der Waals surface area contributed by atoms with Crippen molar-refractivity contribution in [3.8, 4) is 0 Å². The maximum atomic E-state index is 12.7. The van der Waals surface area contributed by atoms with Crippen molar-refractivity contribution in [3.63, 3.8) is 0 Å². The molecule has 0 amide bonds. The van der Waals surface area contributed by atoms with Gasteiger partial charge in [-0.1, -0.05) is 19.9 Å². The number of sulfonamides is 1. The number of rotatable bonds is 3. The molecule has 0 aromatic heterocycles. The molecule has 1 fully saturated rings. The number of piperidine rings is 1. The molecule has 1 aliphatic heterocycles. The van der Waals surface area contributed by atoms with Crippen LogP contribution in [-0.2, 0) is 16.6 Å². The molecule has 1 N–H and O–H groups in total. The number of aliphatic hydroxyl groups is 1. The summed E-state index contributed by atoms with van der Waals surface area (Å²) in [5.74, 6) is 0.939. The van der Waals surface area contributed by atoms with Crippen LogP contribution in [0.25, 0.3) is 0 Å². The van der Waals surface area contributed by atoms with Crippen LogP contribution in [0.1, 0.15) is 31.4 Å². The van der Waals surface area contributed by atoms with E-state index in [1.807, 2.05) is 6.92 Å². The van der Waals surface area contributed by atoms with E-state index in [1.165, 1.54) is 0 Å². The second-order valence-electron chi connectivity index (χ2n) is 5.85. The molecule has 0 saturated carbocycles. The highest BCUT2D eigenvalue weighted by Gasteiger charge is 2.31. The van der Waals surface area contributed by atoms with Gasteiger partial charge in [0.2, 0.25) is 10.0 Å². The zero-order valence-electron chi connectivity index (χ0n) is 12.3. The predicted molar refractivity (Wildman–Crippen MR) is 78.8 cm³/mol. The Hall–Kier alpha value is -0.910. The lowest BCUT2D eigenvalue weighted by atomic mass is 9.90. The fourth-order valence-electron chi connectivity index (χ4n) is 2.57. The van der Waals surface area contributed by atoms with Gasteiger partial charge in [0.1, 0.15) is 0 Å². The summed E-state index contributed by atoms with van der Waals surface area (Å²) in [4.78, 5) is 0.286. The largest absolute Gasteiger partial charge is 0.392 e. The van der Waals surface area contributed by atoms with Crippen LogP contribution in [0, 0.1) is 18.8 Å². The van der Waals surface area contributed by atoms with Gasteiger partial charge in [-0.25, -0.2) is 8.42 Å². The van der Waals surface area contributed by atoms with Gasteiger partial charge in [-0.3, -0.25) is 0 Å². The van der Waals surface area contributed by atoms with Gasteiger partial charge in [0.25, 0.3) is 0 Å². The van der Waals surface area contributed by atoms with E-state index in [-0.39, 0.29) is 11.5 Å². The number of nitrogens with zero attached hydrogens (tertiary/aromatic N) is 1. The number of benzene rings is 1. The van der Waals surface area contributed by atoms with Gasteiger partial charge in [-0.15, -0.1) is 0 Å². The van der Waals surface area contributed by atoms with E-state index < -0.39 is 10.0 Å². The molecular formula is C15H23NO3S. The Morgan fingerprint density at radius 2 is 2.00 bits per heavy atom. The van der Waals surface area contributed by atoms with Gasteiger partial charge in [0.15, 0.2) is 0 Å². The molecule has 5 heteroatoms. The Morgan fingerprint density at radius 3 is 2.60 bits per heavy atom. The molecule has 2 unspecified atom stereocenters. The van der Waals surface area contributed by atoms with E-state index in [2.05, 4.69) is 13.8 Å². The summed E-state index contributed by atoms with van der Waals surface area (Å²) < 4.78 is 26.9. The van der Waals surface area contributed by atoms with Crippen LogP contribution in [0.3, 0.4) is 0 Å². The minimum absolute atomic E-state index is 0.136. The molecule has 2 atom stereocenters. The smallest absolute Gasteiger partial charge is 0.243 e. The Morgan fingerprint density at radius 1 is 1.30 bits per heavy atom. The minimum atomic E-state index is -3.45. The zero-order valence-corrected chi connectivity index (χ0v) is 13.2. The summed E-state index contributed by atoms with van der Waals surface area (Å²) in [5, 5.41) is 9.29. The van der Waals surface area contributed by atoms with Crippen LogP contribution in [-0.4, -0.2) is 30.9 Å². The molecule has 1 aromatic carbocycles. The second kappa shape index (κ2) is 5.84. The number of aliphatic hydroxyl groups excluding tert-OH is 1. The van der Waals surface area contributed by atoms with Gasteiger partial charge in [-0.05, 0) is 48.4 Å². The van der Waals surface area contributed by atoms with E-state index in [1.54, 1.807) is 22.5 Å². The predicted octanol–water partition coefficient (Wildman–Crippen LogP) is 2.15. The Labute approximate surface area is 121 Å². The highest BCUT2D eigenvalue weighted by Crippen LogP contribution is 2.28. The summed E-state index contributed by atoms with van der Waals surface area (Å²) >= 11 is 0. The average Bonchev–Trinajstić information content (AvgIpc) is 2.42. The molecule has 20 heavy (non-hydrogen) atoms. The Balaban J connectivity index is 2.31. The second-order valence-corrected chi connectivity index (χ2v) is 7.79. The molecule has 0 bridgehead atoms. The van der Waals surface area contributed by atoms with E-state index >= 15 is 0 Å². The van der Waals surface area contributed by atoms with Crippen molar-refractivity contribution < 1.29 is 13.5 Å². The van der Waals surface area contributed by atoms with E-state index in [0.29, 0.717) is 30.5 Å². The first-order valence-electron chi connectivity index (χ1n) is 7.06. The molecule has 4 nitrogen and oxygen atoms in total. The quantitative estimate of drug-likeness (QED) is 0.930. The number of aryl methyl sites for hydroxylation is 1. The first-order valence-corrected chi connectivity index (χ1v) is 8.50. The van der Waals surface area contributed by atoms with Gasteiger partial charge in [0.05, 0.1) is 11.5 Å². The van der Waals surface area contributed by atoms with E-state index in [0.717, 1.165) is 12.0 Å². The third-order valence-electron chi connectivity index (χ3n) is 4.43. The third kappa shape index (κ3) is 2.90. The molecule has 2 rings (SSSR count). The maximum absolute atomic E-state index is 12.7. The molecule has 112 valence electrons. The lowest BCUT2D eigenvalue weighted by molar-refractivity contribution is 0.212. The normalized spacial score (nSPS) is 24.8. The van der Waals surface area contributed by atoms with Crippen molar-refractivity contribution in [2.45, 2.75) is 38.7 Å². The van der Waals surface area contributed by atoms with Gasteiger partial charge >= 0.3 is 0 Å². The molecular weight excluding hydrogens is 274 g/mol. The molecule has 1 heterocycles. The molecule has 1 aliphatic rings. The van der Waals surface area contributed by atoms with Crippen molar-refractivity contribution in [1.82, 2.24) is 4.31 Å². The van der Waals surface area contributed by atoms with Gasteiger partial charge in [-0.2, -0.15) is 4.31 Å². The third-order valence-corrected chi connectivity index (χ3v) is 6.29. The van der Waals surface area contributed by atoms with Gasteiger partial charge in [0, 0.05) is 13.1 Å². The Kier molecular flexibility index (Phi) is 4.52. The molecule has 1 aromatic rings. The first-order chi connectivity index (χ1) is 9.36. The van der Waals surface area contributed by atoms with E-state index in [9.17, 15) is 13.5 Å². The fourth-order valence-corrected chi connectivity index (χ4v) is 4.18. The SMILES string of the molecule is Cc1ccc(S(=O)(=O)N2CCC(C)C(C)C2)cc1CO. The standard InChI is InChI=1S/C15H23NO3S/c1-11-6-7-16(9-13(11)3)20(18,19)15-5-4-12(2)14(8-15)10-17/h4-5,8,11,13,17H,6-7,9-10H2,1-3H3. The van der Waals surface area contributed by atoms with Crippen LogP contribution in [0.4, 0.5) is 0 Å². The molecule has 1 saturated heterocycles. The lowest BCUT2D eigenvalue weighted by Gasteiger charge is -2.34. The van der Waals surface area contributed by atoms with Crippen molar-refractivity contribution >= 4 is 10.0 Å². The molecule has 0 aliphatic carbocycles. The van der Waals surface area contributed by atoms with Crippen molar-refractivity contribution in [2.75, 3.05) is 13.1 Å². The maximum Gasteiger partial charge on any atom is 0.243 e. The van der Waals surface area contributed by atoms with Gasteiger partial charge < -0.3 is 5.11 Å². The highest BCUT2D eigenvalue weighted by atomic mass is 32.2. The molecule has 0 radical (unpaired) electrons. The summed E-state index contributed by atoms with van der Waals surface area (Å²) in [6.45, 7) is 7.16. The van der Waals surface area contributed by atoms with Crippen molar-refractivity contribution in [3.05, 3.63) is 29.3 Å². The minimum Gasteiger partial charge on any atom is -0.392 e. The van der Waals surface area contributed by atoms with Crippen LogP contribution < -0.4 is 0 Å². The van der Waals surface area contributed by atoms with Crippen LogP contribution in [0.2, 0.25) is 0 Å². The Bertz CT molecular complexity index is 583. The summed E-state index contributed by atoms with van der Waals surface area (Å²) in [5.41, 5.74) is 1.58. The summed E-state index contributed by atoms with van der Waals surface area (Å²) in [7, 11) is -3.45. The monoisotopic (exact) mass is 297 g/mol. The molecule has 0 spiro atoms. The average molecular weight is 297 g/mol. The summed E-state index contributed by atoms with van der Waals surface area (Å²) in [6.07, 6.45) is 0.902. The zero-order chi connectivity index (χ0) is 14.9. The topological polar surface area (TPSA) is 57.6 Å². The van der Waals surface area contributed by atoms with Crippen LogP contribution >= 0.6 is 0 Å². The first kappa shape index (κ1) is 15.5. The van der Waals surface area contributed by atoms with Crippen molar-refractivity contribution in [2.24, 2.45) is 11.8 Å². The lowest BCUT2D eigenvalue weighted by Crippen LogP contribution is -2.42. The van der Waals surface area contributed by atoms with Crippen LogP contribution in [0.15, 0.2) is 23.1 Å². The summed E-state index contributed by atoms with van der Waals surface area (Å²) in [6, 6.07) is 4.98. The fraction of sp³-hybridized carbons (Fsp3) is 0.600. The number of hydrogen-bond acceptors (Lipinski definition) is 3. The highest BCUT2D eigenvalue weighted by molar-refractivity contribution is 7.89. The number of hydrogen-bond donors (Lipinski definition) is 1. The van der Waals surface area contributed by atoms with E-state index in [4.69, 9.17) is 0 Å². The van der Waals surface area contributed by atoms with Crippen LogP contribution in [0.5, 0.6) is 0 Å².